The number of methoxy groups -OCH3 is 1. The second-order valence-electron chi connectivity index (χ2n) is 3.95. The maximum Gasteiger partial charge on any atom is 0.129 e. The molecule has 0 bridgehead atoms. The number of aryl methyl sites for hydroxylation is 1. The summed E-state index contributed by atoms with van der Waals surface area (Å²) in [4.78, 5) is 0. The Hall–Kier alpha value is -1.28. The Kier molecular flexibility index (Phi) is 2.78. The van der Waals surface area contributed by atoms with E-state index < -0.39 is 0 Å². The van der Waals surface area contributed by atoms with E-state index in [0.29, 0.717) is 0 Å². The minimum Gasteiger partial charge on any atom is -0.496 e. The van der Waals surface area contributed by atoms with Gasteiger partial charge in [0.15, 0.2) is 0 Å². The number of hydrogen-bond donors (Lipinski definition) is 1. The number of nitrogens with one attached hydrogen (secondary N) is 1. The summed E-state index contributed by atoms with van der Waals surface area (Å²) < 4.78 is 5.50. The van der Waals surface area contributed by atoms with Crippen molar-refractivity contribution in [1.29, 1.82) is 0 Å². The Bertz CT molecular complexity index is 407. The molecule has 15 heavy (non-hydrogen) atoms. The van der Waals surface area contributed by atoms with Crippen LogP contribution in [0.15, 0.2) is 18.2 Å². The first-order valence-electron chi connectivity index (χ1n) is 5.28. The highest BCUT2D eigenvalue weighted by atomic mass is 16.5. The van der Waals surface area contributed by atoms with Crippen LogP contribution in [0.4, 0.5) is 0 Å². The molecule has 0 amide bonds. The molecule has 1 N–H and O–H groups in total. The third kappa shape index (κ3) is 1.77. The molecular weight excluding hydrogens is 186 g/mol. The van der Waals surface area contributed by atoms with Crippen molar-refractivity contribution in [1.82, 2.24) is 5.32 Å². The van der Waals surface area contributed by atoms with Crippen molar-refractivity contribution in [3.63, 3.8) is 0 Å². The monoisotopic (exact) mass is 203 g/mol. The van der Waals surface area contributed by atoms with Gasteiger partial charge in [0, 0.05) is 18.7 Å². The van der Waals surface area contributed by atoms with Gasteiger partial charge in [0.2, 0.25) is 0 Å². The fraction of sp³-hybridized carbons (Fsp3) is 0.385. The van der Waals surface area contributed by atoms with Crippen LogP contribution in [0.25, 0.3) is 5.57 Å². The van der Waals surface area contributed by atoms with Gasteiger partial charge in [0.1, 0.15) is 5.75 Å². The molecule has 1 aromatic carbocycles. The van der Waals surface area contributed by atoms with E-state index in [1.54, 1.807) is 7.11 Å². The zero-order valence-corrected chi connectivity index (χ0v) is 9.55. The summed E-state index contributed by atoms with van der Waals surface area (Å²) in [7, 11) is 1.74. The molecule has 0 radical (unpaired) electrons. The van der Waals surface area contributed by atoms with E-state index in [9.17, 15) is 0 Å². The quantitative estimate of drug-likeness (QED) is 0.796. The van der Waals surface area contributed by atoms with Crippen LogP contribution in [-0.2, 0) is 0 Å². The summed E-state index contributed by atoms with van der Waals surface area (Å²) in [6, 6.07) is 4.31. The zero-order valence-electron chi connectivity index (χ0n) is 9.55. The molecule has 1 aromatic rings. The number of ether oxygens (including phenoxy) is 1. The van der Waals surface area contributed by atoms with Crippen LogP contribution in [0.2, 0.25) is 0 Å². The first-order valence-corrected chi connectivity index (χ1v) is 5.28. The Morgan fingerprint density at radius 1 is 1.27 bits per heavy atom. The van der Waals surface area contributed by atoms with Crippen LogP contribution in [-0.4, -0.2) is 20.2 Å². The van der Waals surface area contributed by atoms with Crippen molar-refractivity contribution < 1.29 is 4.74 Å². The molecule has 0 aromatic heterocycles. The van der Waals surface area contributed by atoms with E-state index >= 15 is 0 Å². The van der Waals surface area contributed by atoms with E-state index in [2.05, 4.69) is 37.4 Å². The van der Waals surface area contributed by atoms with Gasteiger partial charge in [0.25, 0.3) is 0 Å². The van der Waals surface area contributed by atoms with Crippen molar-refractivity contribution in [2.24, 2.45) is 0 Å². The second-order valence-corrected chi connectivity index (χ2v) is 3.95. The minimum absolute atomic E-state index is 0.943. The average molecular weight is 203 g/mol. The van der Waals surface area contributed by atoms with Crippen LogP contribution in [0, 0.1) is 13.8 Å². The molecular formula is C13H17NO. The molecule has 1 heterocycles. The lowest BCUT2D eigenvalue weighted by Crippen LogP contribution is -2.08. The normalized spacial score (nSPS) is 15.3. The first-order chi connectivity index (χ1) is 7.24. The molecule has 0 aliphatic carbocycles. The van der Waals surface area contributed by atoms with Crippen molar-refractivity contribution in [3.05, 3.63) is 34.9 Å². The van der Waals surface area contributed by atoms with Gasteiger partial charge in [-0.2, -0.15) is 0 Å². The standard InChI is InChI=1S/C13H17NO/c1-9-4-5-12(11-6-7-14-8-11)13(15-3)10(9)2/h4-6,14H,7-8H2,1-3H3. The van der Waals surface area contributed by atoms with Gasteiger partial charge >= 0.3 is 0 Å². The molecule has 2 rings (SSSR count). The summed E-state index contributed by atoms with van der Waals surface area (Å²) in [5, 5.41) is 3.31. The van der Waals surface area contributed by atoms with Gasteiger partial charge in [-0.05, 0) is 30.5 Å². The lowest BCUT2D eigenvalue weighted by molar-refractivity contribution is 0.410. The molecule has 0 saturated heterocycles. The lowest BCUT2D eigenvalue weighted by Gasteiger charge is -2.14. The van der Waals surface area contributed by atoms with Gasteiger partial charge in [-0.15, -0.1) is 0 Å². The van der Waals surface area contributed by atoms with E-state index in [0.717, 1.165) is 18.8 Å². The first kappa shape index (κ1) is 10.2. The molecule has 0 spiro atoms. The highest BCUT2D eigenvalue weighted by Crippen LogP contribution is 2.31. The Morgan fingerprint density at radius 2 is 2.07 bits per heavy atom. The summed E-state index contributed by atoms with van der Waals surface area (Å²) in [5.74, 6) is 1.02. The lowest BCUT2D eigenvalue weighted by atomic mass is 9.99. The third-order valence-corrected chi connectivity index (χ3v) is 3.04. The van der Waals surface area contributed by atoms with Crippen molar-refractivity contribution >= 4 is 5.57 Å². The van der Waals surface area contributed by atoms with Crippen LogP contribution >= 0.6 is 0 Å². The van der Waals surface area contributed by atoms with Gasteiger partial charge in [-0.3, -0.25) is 0 Å². The van der Waals surface area contributed by atoms with Crippen molar-refractivity contribution in [2.75, 3.05) is 20.2 Å². The number of benzene rings is 1. The fourth-order valence-corrected chi connectivity index (χ4v) is 1.99. The molecule has 0 atom stereocenters. The van der Waals surface area contributed by atoms with Crippen LogP contribution < -0.4 is 10.1 Å². The predicted octanol–water partition coefficient (Wildman–Crippen LogP) is 2.30. The average Bonchev–Trinajstić information content (AvgIpc) is 2.75. The Balaban J connectivity index is 2.51. The third-order valence-electron chi connectivity index (χ3n) is 3.04. The van der Waals surface area contributed by atoms with Crippen LogP contribution in [0.5, 0.6) is 5.75 Å². The van der Waals surface area contributed by atoms with E-state index in [-0.39, 0.29) is 0 Å². The van der Waals surface area contributed by atoms with Gasteiger partial charge in [-0.25, -0.2) is 0 Å². The smallest absolute Gasteiger partial charge is 0.129 e. The maximum absolute atomic E-state index is 5.50. The van der Waals surface area contributed by atoms with E-state index in [1.807, 2.05) is 0 Å². The molecule has 0 fully saturated rings. The summed E-state index contributed by atoms with van der Waals surface area (Å²) in [5.41, 5.74) is 5.09. The largest absolute Gasteiger partial charge is 0.496 e. The highest BCUT2D eigenvalue weighted by Gasteiger charge is 2.14. The fourth-order valence-electron chi connectivity index (χ4n) is 1.99. The second kappa shape index (κ2) is 4.07. The van der Waals surface area contributed by atoms with Crippen LogP contribution in [0.1, 0.15) is 16.7 Å². The molecule has 1 aliphatic rings. The number of hydrogen-bond acceptors (Lipinski definition) is 2. The zero-order chi connectivity index (χ0) is 10.8. The highest BCUT2D eigenvalue weighted by molar-refractivity contribution is 5.75. The summed E-state index contributed by atoms with van der Waals surface area (Å²) >= 11 is 0. The molecule has 0 saturated carbocycles. The SMILES string of the molecule is COc1c(C2=CCNC2)ccc(C)c1C. The Morgan fingerprint density at radius 3 is 2.67 bits per heavy atom. The minimum atomic E-state index is 0.943. The topological polar surface area (TPSA) is 21.3 Å². The van der Waals surface area contributed by atoms with Crippen molar-refractivity contribution in [2.45, 2.75) is 13.8 Å². The van der Waals surface area contributed by atoms with Gasteiger partial charge < -0.3 is 10.1 Å². The van der Waals surface area contributed by atoms with Crippen molar-refractivity contribution in [3.8, 4) is 5.75 Å². The molecule has 80 valence electrons. The molecule has 0 unspecified atom stereocenters. The van der Waals surface area contributed by atoms with Gasteiger partial charge in [-0.1, -0.05) is 18.2 Å². The predicted molar refractivity (Wildman–Crippen MR) is 63.3 cm³/mol. The Labute approximate surface area is 91.0 Å². The summed E-state index contributed by atoms with van der Waals surface area (Å²) in [6.45, 7) is 6.13. The molecule has 2 nitrogen and oxygen atoms in total. The van der Waals surface area contributed by atoms with Crippen LogP contribution in [0.3, 0.4) is 0 Å². The van der Waals surface area contributed by atoms with E-state index in [1.165, 1.54) is 22.3 Å². The molecule has 1 aliphatic heterocycles. The molecule has 2 heteroatoms. The van der Waals surface area contributed by atoms with Gasteiger partial charge in [0.05, 0.1) is 7.11 Å². The summed E-state index contributed by atoms with van der Waals surface area (Å²) in [6.07, 6.45) is 2.23. The van der Waals surface area contributed by atoms with E-state index in [4.69, 9.17) is 4.74 Å². The number of rotatable bonds is 2. The maximum atomic E-state index is 5.50.